The third-order valence-corrected chi connectivity index (χ3v) is 5.85. The average Bonchev–Trinajstić information content (AvgIpc) is 3.11. The molecule has 0 saturated carbocycles. The van der Waals surface area contributed by atoms with Gasteiger partial charge in [-0.05, 0) is 51.1 Å². The van der Waals surface area contributed by atoms with Crippen molar-refractivity contribution in [3.8, 4) is 0 Å². The molecule has 3 aromatic carbocycles. The van der Waals surface area contributed by atoms with Crippen LogP contribution in [0.5, 0.6) is 0 Å². The van der Waals surface area contributed by atoms with Crippen molar-refractivity contribution in [3.63, 3.8) is 0 Å². The average molecular weight is 367 g/mol. The van der Waals surface area contributed by atoms with Gasteiger partial charge in [0, 0.05) is 19.6 Å². The summed E-state index contributed by atoms with van der Waals surface area (Å²) in [6, 6.07) is 24.0. The standard InChI is InChI=1S/C26H25NO/c1-2-9-24-20(6-1)7-5-8-21(24)18-23-19-22(25-10-3-4-11-26(23)25)12-13-27-14-16-28-17-15-27/h1-11,18-19H,12-17H2/b23-18-. The second kappa shape index (κ2) is 7.75. The highest BCUT2D eigenvalue weighted by atomic mass is 16.5. The molecule has 0 bridgehead atoms. The quantitative estimate of drug-likeness (QED) is 0.604. The van der Waals surface area contributed by atoms with Crippen LogP contribution in [0.25, 0.3) is 28.0 Å². The first-order chi connectivity index (χ1) is 13.9. The molecule has 1 fully saturated rings. The minimum atomic E-state index is 0.863. The van der Waals surface area contributed by atoms with Crippen molar-refractivity contribution in [2.45, 2.75) is 6.42 Å². The van der Waals surface area contributed by atoms with Crippen LogP contribution in [0.4, 0.5) is 0 Å². The van der Waals surface area contributed by atoms with Crippen LogP contribution in [0.3, 0.4) is 0 Å². The van der Waals surface area contributed by atoms with Crippen molar-refractivity contribution in [2.75, 3.05) is 32.8 Å². The summed E-state index contributed by atoms with van der Waals surface area (Å²) in [4.78, 5) is 2.51. The summed E-state index contributed by atoms with van der Waals surface area (Å²) < 4.78 is 5.48. The molecule has 0 aromatic heterocycles. The fraction of sp³-hybridized carbons (Fsp3) is 0.231. The van der Waals surface area contributed by atoms with Gasteiger partial charge in [0.2, 0.25) is 0 Å². The molecule has 140 valence electrons. The number of morpholine rings is 1. The Kier molecular flexibility index (Phi) is 4.82. The number of hydrogen-bond acceptors (Lipinski definition) is 2. The van der Waals surface area contributed by atoms with Gasteiger partial charge in [0.05, 0.1) is 13.2 Å². The Labute approximate surface area is 166 Å². The van der Waals surface area contributed by atoms with Crippen molar-refractivity contribution < 1.29 is 4.74 Å². The normalized spacial score (nSPS) is 18.4. The molecule has 3 aromatic rings. The van der Waals surface area contributed by atoms with Gasteiger partial charge < -0.3 is 4.74 Å². The Hall–Kier alpha value is -2.68. The van der Waals surface area contributed by atoms with Crippen LogP contribution in [0.1, 0.15) is 23.1 Å². The Morgan fingerprint density at radius 2 is 1.57 bits per heavy atom. The van der Waals surface area contributed by atoms with Crippen LogP contribution in [-0.2, 0) is 4.74 Å². The SMILES string of the molecule is C1=C(CCN2CCOCC2)c2ccccc2/C1=C\c1cccc2ccccc12. The van der Waals surface area contributed by atoms with Crippen LogP contribution in [0.15, 0.2) is 72.8 Å². The van der Waals surface area contributed by atoms with Gasteiger partial charge in [-0.1, -0.05) is 72.8 Å². The van der Waals surface area contributed by atoms with Crippen molar-refractivity contribution in [1.29, 1.82) is 0 Å². The Balaban J connectivity index is 1.48. The first kappa shape index (κ1) is 17.4. The molecule has 1 saturated heterocycles. The summed E-state index contributed by atoms with van der Waals surface area (Å²) in [6.45, 7) is 4.93. The van der Waals surface area contributed by atoms with E-state index in [4.69, 9.17) is 4.74 Å². The molecule has 0 spiro atoms. The second-order valence-corrected chi connectivity index (χ2v) is 7.59. The Morgan fingerprint density at radius 1 is 0.821 bits per heavy atom. The Morgan fingerprint density at radius 3 is 2.46 bits per heavy atom. The van der Waals surface area contributed by atoms with E-state index in [1.165, 1.54) is 38.6 Å². The van der Waals surface area contributed by atoms with Crippen LogP contribution >= 0.6 is 0 Å². The van der Waals surface area contributed by atoms with Crippen molar-refractivity contribution in [1.82, 2.24) is 4.90 Å². The second-order valence-electron chi connectivity index (χ2n) is 7.59. The summed E-state index contributed by atoms with van der Waals surface area (Å²) >= 11 is 0. The lowest BCUT2D eigenvalue weighted by molar-refractivity contribution is 0.0390. The van der Waals surface area contributed by atoms with E-state index in [2.05, 4.69) is 83.8 Å². The highest BCUT2D eigenvalue weighted by Crippen LogP contribution is 2.38. The largest absolute Gasteiger partial charge is 0.379 e. The van der Waals surface area contributed by atoms with E-state index < -0.39 is 0 Å². The smallest absolute Gasteiger partial charge is 0.0594 e. The van der Waals surface area contributed by atoms with E-state index in [0.29, 0.717) is 0 Å². The van der Waals surface area contributed by atoms with E-state index in [1.807, 2.05) is 0 Å². The van der Waals surface area contributed by atoms with Crippen molar-refractivity contribution in [3.05, 3.63) is 89.5 Å². The molecule has 0 amide bonds. The molecule has 1 aliphatic carbocycles. The predicted molar refractivity (Wildman–Crippen MR) is 118 cm³/mol. The molecule has 2 aliphatic rings. The Bertz CT molecular complexity index is 1050. The number of fused-ring (bicyclic) bond motifs is 2. The highest BCUT2D eigenvalue weighted by Gasteiger charge is 2.19. The van der Waals surface area contributed by atoms with Gasteiger partial charge in [0.15, 0.2) is 0 Å². The molecular formula is C26H25NO. The summed E-state index contributed by atoms with van der Waals surface area (Å²) in [6.07, 6.45) is 5.83. The summed E-state index contributed by atoms with van der Waals surface area (Å²) in [7, 11) is 0. The van der Waals surface area contributed by atoms with Gasteiger partial charge in [-0.3, -0.25) is 4.90 Å². The molecule has 1 aliphatic heterocycles. The van der Waals surface area contributed by atoms with Gasteiger partial charge >= 0.3 is 0 Å². The monoisotopic (exact) mass is 367 g/mol. The number of allylic oxidation sites excluding steroid dienone is 2. The molecule has 28 heavy (non-hydrogen) atoms. The van der Waals surface area contributed by atoms with Crippen LogP contribution < -0.4 is 0 Å². The summed E-state index contributed by atoms with van der Waals surface area (Å²) in [5, 5.41) is 2.60. The van der Waals surface area contributed by atoms with E-state index in [0.717, 1.165) is 39.3 Å². The maximum absolute atomic E-state index is 5.48. The fourth-order valence-corrected chi connectivity index (χ4v) is 4.33. The zero-order chi connectivity index (χ0) is 18.8. The van der Waals surface area contributed by atoms with Gasteiger partial charge in [-0.15, -0.1) is 0 Å². The van der Waals surface area contributed by atoms with Gasteiger partial charge in [-0.2, -0.15) is 0 Å². The first-order valence-electron chi connectivity index (χ1n) is 10.2. The minimum absolute atomic E-state index is 0.863. The molecule has 1 heterocycles. The van der Waals surface area contributed by atoms with E-state index >= 15 is 0 Å². The highest BCUT2D eigenvalue weighted by molar-refractivity contribution is 6.04. The molecule has 2 heteroatoms. The van der Waals surface area contributed by atoms with Crippen molar-refractivity contribution >= 4 is 28.0 Å². The van der Waals surface area contributed by atoms with E-state index in [1.54, 1.807) is 0 Å². The maximum Gasteiger partial charge on any atom is 0.0594 e. The fourth-order valence-electron chi connectivity index (χ4n) is 4.33. The lowest BCUT2D eigenvalue weighted by atomic mass is 9.99. The number of benzene rings is 3. The number of hydrogen-bond donors (Lipinski definition) is 0. The van der Waals surface area contributed by atoms with Crippen LogP contribution in [0.2, 0.25) is 0 Å². The predicted octanol–water partition coefficient (Wildman–Crippen LogP) is 5.50. The van der Waals surface area contributed by atoms with E-state index in [-0.39, 0.29) is 0 Å². The molecule has 5 rings (SSSR count). The third kappa shape index (κ3) is 3.42. The maximum atomic E-state index is 5.48. The van der Waals surface area contributed by atoms with Gasteiger partial charge in [0.25, 0.3) is 0 Å². The molecule has 0 radical (unpaired) electrons. The summed E-state index contributed by atoms with van der Waals surface area (Å²) in [5.41, 5.74) is 6.81. The lowest BCUT2D eigenvalue weighted by Gasteiger charge is -2.26. The molecule has 0 atom stereocenters. The lowest BCUT2D eigenvalue weighted by Crippen LogP contribution is -2.36. The molecular weight excluding hydrogens is 342 g/mol. The molecule has 0 unspecified atom stereocenters. The van der Waals surface area contributed by atoms with Crippen LogP contribution in [-0.4, -0.2) is 37.7 Å². The molecule has 2 nitrogen and oxygen atoms in total. The number of rotatable bonds is 4. The van der Waals surface area contributed by atoms with E-state index in [9.17, 15) is 0 Å². The number of ether oxygens (including phenoxy) is 1. The zero-order valence-electron chi connectivity index (χ0n) is 16.1. The summed E-state index contributed by atoms with van der Waals surface area (Å²) in [5.74, 6) is 0. The number of nitrogens with zero attached hydrogens (tertiary/aromatic N) is 1. The van der Waals surface area contributed by atoms with Gasteiger partial charge in [-0.25, -0.2) is 0 Å². The van der Waals surface area contributed by atoms with Crippen LogP contribution in [0, 0.1) is 0 Å². The molecule has 0 N–H and O–H groups in total. The van der Waals surface area contributed by atoms with Gasteiger partial charge in [0.1, 0.15) is 0 Å². The topological polar surface area (TPSA) is 12.5 Å². The minimum Gasteiger partial charge on any atom is -0.379 e. The van der Waals surface area contributed by atoms with Crippen molar-refractivity contribution in [2.24, 2.45) is 0 Å². The zero-order valence-corrected chi connectivity index (χ0v) is 16.1. The third-order valence-electron chi connectivity index (χ3n) is 5.85. The first-order valence-corrected chi connectivity index (χ1v) is 10.2.